The van der Waals surface area contributed by atoms with E-state index < -0.39 is 10.0 Å². The molecule has 0 spiro atoms. The molecule has 0 aliphatic heterocycles. The summed E-state index contributed by atoms with van der Waals surface area (Å²) in [5, 5.41) is 4.92. The van der Waals surface area contributed by atoms with Gasteiger partial charge in [0.25, 0.3) is 0 Å². The van der Waals surface area contributed by atoms with E-state index in [-0.39, 0.29) is 6.54 Å². The first-order chi connectivity index (χ1) is 9.44. The molecule has 0 saturated heterocycles. The molecule has 0 unspecified atom stereocenters. The molecule has 0 fully saturated rings. The van der Waals surface area contributed by atoms with Gasteiger partial charge >= 0.3 is 0 Å². The lowest BCUT2D eigenvalue weighted by Crippen LogP contribution is -2.22. The molecule has 2 heterocycles. The van der Waals surface area contributed by atoms with E-state index in [9.17, 15) is 8.42 Å². The van der Waals surface area contributed by atoms with Crippen LogP contribution in [0.25, 0.3) is 0 Å². The van der Waals surface area contributed by atoms with Crippen molar-refractivity contribution < 1.29 is 8.42 Å². The normalized spacial score (nSPS) is 11.9. The summed E-state index contributed by atoms with van der Waals surface area (Å²) in [5.74, 6) is 0. The standard InChI is InChI=1S/C11H12Br2N2O2S3/c1-14-5-7-4-10(11(13)19-7)20(16,17)15-6-9-8(12)2-3-18-9/h2-4,14-15H,5-6H2,1H3. The first-order valence-corrected chi connectivity index (χ1v) is 10.3. The lowest BCUT2D eigenvalue weighted by atomic mass is 10.5. The van der Waals surface area contributed by atoms with Crippen molar-refractivity contribution in [1.29, 1.82) is 0 Å². The summed E-state index contributed by atoms with van der Waals surface area (Å²) in [5.41, 5.74) is 0. The third kappa shape index (κ3) is 3.90. The van der Waals surface area contributed by atoms with Crippen LogP contribution in [0.3, 0.4) is 0 Å². The molecule has 20 heavy (non-hydrogen) atoms. The fourth-order valence-corrected chi connectivity index (χ4v) is 6.74. The summed E-state index contributed by atoms with van der Waals surface area (Å²) in [6.45, 7) is 0.930. The van der Waals surface area contributed by atoms with Gasteiger partial charge in [-0.05, 0) is 56.4 Å². The lowest BCUT2D eigenvalue weighted by Gasteiger charge is -2.04. The van der Waals surface area contributed by atoms with E-state index in [0.29, 0.717) is 15.2 Å². The Morgan fingerprint density at radius 1 is 1.30 bits per heavy atom. The molecule has 9 heteroatoms. The first-order valence-electron chi connectivity index (χ1n) is 5.58. The van der Waals surface area contributed by atoms with Crippen LogP contribution in [0.5, 0.6) is 0 Å². The summed E-state index contributed by atoms with van der Waals surface area (Å²) in [4.78, 5) is 2.22. The number of hydrogen-bond donors (Lipinski definition) is 2. The number of thiophene rings is 2. The second-order valence-electron chi connectivity index (χ2n) is 3.90. The van der Waals surface area contributed by atoms with Crippen LogP contribution in [-0.2, 0) is 23.1 Å². The molecule has 110 valence electrons. The van der Waals surface area contributed by atoms with Crippen molar-refractivity contribution in [2.45, 2.75) is 18.0 Å². The van der Waals surface area contributed by atoms with Crippen molar-refractivity contribution in [3.05, 3.63) is 35.5 Å². The van der Waals surface area contributed by atoms with Gasteiger partial charge in [0.05, 0.1) is 3.79 Å². The lowest BCUT2D eigenvalue weighted by molar-refractivity contribution is 0.581. The van der Waals surface area contributed by atoms with Gasteiger partial charge in [-0.3, -0.25) is 0 Å². The molecular weight excluding hydrogens is 448 g/mol. The highest BCUT2D eigenvalue weighted by Crippen LogP contribution is 2.32. The Morgan fingerprint density at radius 2 is 2.05 bits per heavy atom. The van der Waals surface area contributed by atoms with Crippen LogP contribution in [0.4, 0.5) is 0 Å². The van der Waals surface area contributed by atoms with Gasteiger partial charge in [-0.15, -0.1) is 22.7 Å². The van der Waals surface area contributed by atoms with E-state index in [0.717, 1.165) is 14.2 Å². The van der Waals surface area contributed by atoms with Crippen LogP contribution in [0, 0.1) is 0 Å². The number of nitrogens with one attached hydrogen (secondary N) is 2. The predicted octanol–water partition coefficient (Wildman–Crippen LogP) is 3.53. The van der Waals surface area contributed by atoms with Gasteiger partial charge < -0.3 is 5.32 Å². The molecule has 0 amide bonds. The summed E-state index contributed by atoms with van der Waals surface area (Å²) in [6.07, 6.45) is 0. The minimum atomic E-state index is -3.51. The molecule has 0 atom stereocenters. The van der Waals surface area contributed by atoms with Crippen molar-refractivity contribution in [2.75, 3.05) is 7.05 Å². The molecule has 2 N–H and O–H groups in total. The quantitative estimate of drug-likeness (QED) is 0.694. The molecular formula is C11H12Br2N2O2S3. The van der Waals surface area contributed by atoms with Gasteiger partial charge in [-0.1, -0.05) is 0 Å². The fraction of sp³-hybridized carbons (Fsp3) is 0.273. The Hall–Kier alpha value is 0.230. The van der Waals surface area contributed by atoms with Gasteiger partial charge in [-0.25, -0.2) is 13.1 Å². The maximum atomic E-state index is 12.3. The molecule has 4 nitrogen and oxygen atoms in total. The minimum Gasteiger partial charge on any atom is -0.315 e. The molecule has 0 aliphatic rings. The highest BCUT2D eigenvalue weighted by atomic mass is 79.9. The maximum absolute atomic E-state index is 12.3. The molecule has 0 aliphatic carbocycles. The third-order valence-corrected chi connectivity index (χ3v) is 8.04. The van der Waals surface area contributed by atoms with Crippen LogP contribution >= 0.6 is 54.5 Å². The Labute approximate surface area is 142 Å². The smallest absolute Gasteiger partial charge is 0.242 e. The second-order valence-corrected chi connectivity index (χ2v) is 9.94. The van der Waals surface area contributed by atoms with Crippen LogP contribution < -0.4 is 10.0 Å². The van der Waals surface area contributed by atoms with E-state index in [2.05, 4.69) is 41.9 Å². The maximum Gasteiger partial charge on any atom is 0.242 e. The van der Waals surface area contributed by atoms with Crippen LogP contribution in [-0.4, -0.2) is 15.5 Å². The molecule has 2 aromatic rings. The molecule has 0 bridgehead atoms. The third-order valence-electron chi connectivity index (χ3n) is 2.46. The Balaban J connectivity index is 2.16. The average molecular weight is 460 g/mol. The minimum absolute atomic E-state index is 0.282. The van der Waals surface area contributed by atoms with Crippen molar-refractivity contribution >= 4 is 64.6 Å². The van der Waals surface area contributed by atoms with Gasteiger partial charge in [-0.2, -0.15) is 0 Å². The van der Waals surface area contributed by atoms with Crippen molar-refractivity contribution in [1.82, 2.24) is 10.0 Å². The Morgan fingerprint density at radius 3 is 2.65 bits per heavy atom. The van der Waals surface area contributed by atoms with Crippen LogP contribution in [0.1, 0.15) is 9.75 Å². The number of hydrogen-bond acceptors (Lipinski definition) is 5. The molecule has 2 aromatic heterocycles. The van der Waals surface area contributed by atoms with Crippen LogP contribution in [0.2, 0.25) is 0 Å². The predicted molar refractivity (Wildman–Crippen MR) is 90.8 cm³/mol. The topological polar surface area (TPSA) is 58.2 Å². The van der Waals surface area contributed by atoms with E-state index in [1.54, 1.807) is 6.07 Å². The number of halogens is 2. The summed E-state index contributed by atoms with van der Waals surface area (Å²) >= 11 is 9.64. The summed E-state index contributed by atoms with van der Waals surface area (Å²) in [7, 11) is -1.68. The molecule has 2 rings (SSSR count). The van der Waals surface area contributed by atoms with Crippen molar-refractivity contribution in [2.24, 2.45) is 0 Å². The highest BCUT2D eigenvalue weighted by Gasteiger charge is 2.21. The van der Waals surface area contributed by atoms with Crippen molar-refractivity contribution in [3.8, 4) is 0 Å². The van der Waals surface area contributed by atoms with E-state index >= 15 is 0 Å². The molecule has 0 saturated carbocycles. The zero-order valence-corrected chi connectivity index (χ0v) is 16.1. The molecule has 0 aromatic carbocycles. The van der Waals surface area contributed by atoms with Crippen molar-refractivity contribution in [3.63, 3.8) is 0 Å². The number of sulfonamides is 1. The monoisotopic (exact) mass is 458 g/mol. The fourth-order valence-electron chi connectivity index (χ4n) is 1.53. The first kappa shape index (κ1) is 16.6. The second kappa shape index (κ2) is 6.99. The largest absolute Gasteiger partial charge is 0.315 e. The molecule has 0 radical (unpaired) electrons. The average Bonchev–Trinajstić information content (AvgIpc) is 2.94. The highest BCUT2D eigenvalue weighted by molar-refractivity contribution is 9.11. The van der Waals surface area contributed by atoms with Gasteiger partial charge in [0.2, 0.25) is 10.0 Å². The van der Waals surface area contributed by atoms with E-state index in [1.165, 1.54) is 22.7 Å². The Bertz CT molecular complexity index is 694. The van der Waals surface area contributed by atoms with E-state index in [4.69, 9.17) is 0 Å². The van der Waals surface area contributed by atoms with E-state index in [1.807, 2.05) is 18.5 Å². The zero-order chi connectivity index (χ0) is 14.8. The SMILES string of the molecule is CNCc1cc(S(=O)(=O)NCc2sccc2Br)c(Br)s1. The summed E-state index contributed by atoms with van der Waals surface area (Å²) < 4.78 is 28.8. The van der Waals surface area contributed by atoms with Gasteiger partial charge in [0, 0.05) is 27.3 Å². The van der Waals surface area contributed by atoms with Crippen LogP contribution in [0.15, 0.2) is 30.7 Å². The number of rotatable bonds is 6. The van der Waals surface area contributed by atoms with Gasteiger partial charge in [0.15, 0.2) is 0 Å². The Kier molecular flexibility index (Phi) is 5.80. The summed E-state index contributed by atoms with van der Waals surface area (Å²) in [6, 6.07) is 3.59. The van der Waals surface area contributed by atoms with Gasteiger partial charge in [0.1, 0.15) is 4.90 Å². The zero-order valence-electron chi connectivity index (χ0n) is 10.4.